The van der Waals surface area contributed by atoms with E-state index in [1.807, 2.05) is 0 Å². The lowest BCUT2D eigenvalue weighted by Crippen LogP contribution is -1.90. The second kappa shape index (κ2) is 2.71. The van der Waals surface area contributed by atoms with Gasteiger partial charge in [0.2, 0.25) is 0 Å². The minimum Gasteiger partial charge on any atom is -0.328 e. The van der Waals surface area contributed by atoms with Crippen molar-refractivity contribution in [2.75, 3.05) is 0 Å². The zero-order valence-electron chi connectivity index (χ0n) is 5.88. The molecule has 0 aliphatic heterocycles. The fourth-order valence-electron chi connectivity index (χ4n) is 1.63. The third-order valence-electron chi connectivity index (χ3n) is 2.21. The summed E-state index contributed by atoms with van der Waals surface area (Å²) in [7, 11) is 1.02. The summed E-state index contributed by atoms with van der Waals surface area (Å²) in [5.74, 6) is 0.780. The van der Waals surface area contributed by atoms with Gasteiger partial charge < -0.3 is 4.75 Å². The van der Waals surface area contributed by atoms with Crippen LogP contribution in [0.25, 0.3) is 0 Å². The van der Waals surface area contributed by atoms with Crippen LogP contribution >= 0.6 is 8.51 Å². The highest BCUT2D eigenvalue weighted by Crippen LogP contribution is 2.33. The number of hydrogen-bond donors (Lipinski definition) is 1. The van der Waals surface area contributed by atoms with Crippen molar-refractivity contribution in [1.29, 1.82) is 0 Å². The lowest BCUT2D eigenvalue weighted by atomic mass is 10.1. The lowest BCUT2D eigenvalue weighted by molar-refractivity contribution is 0.705. The van der Waals surface area contributed by atoms with Crippen LogP contribution in [0.15, 0.2) is 6.20 Å². The highest BCUT2D eigenvalue weighted by Gasteiger charge is 2.17. The molecule has 0 spiro atoms. The Morgan fingerprint density at radius 1 is 1.50 bits per heavy atom. The molecule has 10 heavy (non-hydrogen) atoms. The topological polar surface area (TPSA) is 28.7 Å². The summed E-state index contributed by atoms with van der Waals surface area (Å²) in [5, 5.41) is 0. The van der Waals surface area contributed by atoms with Gasteiger partial charge in [-0.1, -0.05) is 12.8 Å². The first-order valence-electron chi connectivity index (χ1n) is 3.83. The molecule has 0 unspecified atom stereocenters. The van der Waals surface area contributed by atoms with E-state index < -0.39 is 0 Å². The summed E-state index contributed by atoms with van der Waals surface area (Å²) in [4.78, 5) is 0. The third-order valence-corrected chi connectivity index (χ3v) is 2.78. The van der Waals surface area contributed by atoms with Crippen LogP contribution in [0.4, 0.5) is 0 Å². The smallest absolute Gasteiger partial charge is 0.129 e. The Morgan fingerprint density at radius 3 is 2.90 bits per heavy atom. The second-order valence-corrected chi connectivity index (χ2v) is 3.54. The fourth-order valence-corrected chi connectivity index (χ4v) is 2.22. The number of nitrogens with one attached hydrogen (secondary N) is 1. The van der Waals surface area contributed by atoms with Gasteiger partial charge in [-0.25, -0.2) is 4.75 Å². The van der Waals surface area contributed by atoms with E-state index in [1.165, 1.54) is 31.4 Å². The first kappa shape index (κ1) is 6.36. The highest BCUT2D eigenvalue weighted by molar-refractivity contribution is 7.20. The van der Waals surface area contributed by atoms with Gasteiger partial charge in [0.25, 0.3) is 0 Å². The Morgan fingerprint density at radius 2 is 2.30 bits per heavy atom. The molecular formula is C7H11N2P. The standard InChI is InChI=1S/C7H11N2P/c1-2-4-6(3-1)7-5-8-10-9-7/h5-6H,1-4H2,(H,8,9). The van der Waals surface area contributed by atoms with Gasteiger partial charge in [-0.3, -0.25) is 0 Å². The van der Waals surface area contributed by atoms with E-state index in [2.05, 4.69) is 15.7 Å². The second-order valence-electron chi connectivity index (χ2n) is 2.88. The van der Waals surface area contributed by atoms with E-state index in [-0.39, 0.29) is 0 Å². The van der Waals surface area contributed by atoms with Crippen molar-refractivity contribution >= 4 is 8.51 Å². The van der Waals surface area contributed by atoms with Crippen molar-refractivity contribution in [3.05, 3.63) is 11.9 Å². The monoisotopic (exact) mass is 154 g/mol. The molecule has 1 aliphatic rings. The van der Waals surface area contributed by atoms with Gasteiger partial charge in [0.1, 0.15) is 8.51 Å². The average Bonchev–Trinajstić information content (AvgIpc) is 2.59. The number of aromatic nitrogens is 2. The average molecular weight is 154 g/mol. The maximum Gasteiger partial charge on any atom is 0.129 e. The molecule has 0 aromatic carbocycles. The molecule has 2 nitrogen and oxygen atoms in total. The number of aromatic amines is 1. The zero-order chi connectivity index (χ0) is 6.81. The van der Waals surface area contributed by atoms with Crippen LogP contribution in [-0.2, 0) is 0 Å². The maximum absolute atomic E-state index is 4.34. The van der Waals surface area contributed by atoms with Gasteiger partial charge in [-0.15, -0.1) is 0 Å². The van der Waals surface area contributed by atoms with Crippen LogP contribution in [0.3, 0.4) is 0 Å². The van der Waals surface area contributed by atoms with E-state index in [1.54, 1.807) is 0 Å². The first-order valence-corrected chi connectivity index (χ1v) is 4.68. The summed E-state index contributed by atoms with van der Waals surface area (Å²) in [5.41, 5.74) is 1.30. The molecular weight excluding hydrogens is 143 g/mol. The number of H-pyrrole nitrogens is 1. The Labute approximate surface area is 62.3 Å². The minimum absolute atomic E-state index is 0.780. The van der Waals surface area contributed by atoms with Crippen molar-refractivity contribution in [2.24, 2.45) is 0 Å². The number of hydrogen-bond acceptors (Lipinski definition) is 1. The summed E-state index contributed by atoms with van der Waals surface area (Å²) < 4.78 is 7.43. The van der Waals surface area contributed by atoms with Crippen LogP contribution in [0.2, 0.25) is 0 Å². The third kappa shape index (κ3) is 1.08. The molecule has 1 aromatic heterocycles. The molecule has 1 N–H and O–H groups in total. The van der Waals surface area contributed by atoms with Gasteiger partial charge in [0.05, 0.1) is 5.69 Å². The van der Waals surface area contributed by atoms with Crippen molar-refractivity contribution in [3.8, 4) is 0 Å². The maximum atomic E-state index is 4.34. The summed E-state index contributed by atoms with van der Waals surface area (Å²) >= 11 is 0. The molecule has 1 aliphatic carbocycles. The fraction of sp³-hybridized carbons (Fsp3) is 0.714. The normalized spacial score (nSPS) is 20.8. The molecule has 0 saturated heterocycles. The van der Waals surface area contributed by atoms with Crippen LogP contribution < -0.4 is 0 Å². The summed E-state index contributed by atoms with van der Waals surface area (Å²) in [6.45, 7) is 0. The van der Waals surface area contributed by atoms with Crippen LogP contribution in [0.5, 0.6) is 0 Å². The molecule has 1 aromatic rings. The van der Waals surface area contributed by atoms with Gasteiger partial charge in [-0.05, 0) is 12.8 Å². The molecule has 0 radical (unpaired) electrons. The molecule has 1 saturated carbocycles. The Bertz CT molecular complexity index is 189. The molecule has 0 atom stereocenters. The van der Waals surface area contributed by atoms with E-state index in [9.17, 15) is 0 Å². The van der Waals surface area contributed by atoms with E-state index in [0.717, 1.165) is 14.4 Å². The van der Waals surface area contributed by atoms with Crippen LogP contribution in [-0.4, -0.2) is 9.49 Å². The van der Waals surface area contributed by atoms with Crippen molar-refractivity contribution in [2.45, 2.75) is 31.6 Å². The predicted molar refractivity (Wildman–Crippen MR) is 42.3 cm³/mol. The van der Waals surface area contributed by atoms with E-state index in [0.29, 0.717) is 0 Å². The SMILES string of the molecule is c1[nH]pnc1C1CCCC1. The zero-order valence-corrected chi connectivity index (χ0v) is 6.77. The molecule has 1 heterocycles. The van der Waals surface area contributed by atoms with Crippen LogP contribution in [0.1, 0.15) is 37.3 Å². The van der Waals surface area contributed by atoms with E-state index >= 15 is 0 Å². The molecule has 1 fully saturated rings. The van der Waals surface area contributed by atoms with Gasteiger partial charge >= 0.3 is 0 Å². The minimum atomic E-state index is 0.780. The van der Waals surface area contributed by atoms with Gasteiger partial charge in [0, 0.05) is 12.1 Å². The number of nitrogens with zero attached hydrogens (tertiary/aromatic N) is 1. The highest BCUT2D eigenvalue weighted by atomic mass is 31.1. The quantitative estimate of drug-likeness (QED) is 0.661. The van der Waals surface area contributed by atoms with Crippen LogP contribution in [0, 0.1) is 0 Å². The van der Waals surface area contributed by atoms with Gasteiger partial charge in [-0.2, -0.15) is 0 Å². The van der Waals surface area contributed by atoms with Crippen molar-refractivity contribution < 1.29 is 0 Å². The molecule has 2 rings (SSSR count). The molecule has 0 bridgehead atoms. The van der Waals surface area contributed by atoms with E-state index in [4.69, 9.17) is 0 Å². The Kier molecular flexibility index (Phi) is 1.72. The number of rotatable bonds is 1. The predicted octanol–water partition coefficient (Wildman–Crippen LogP) is 2.65. The van der Waals surface area contributed by atoms with Crippen molar-refractivity contribution in [1.82, 2.24) is 9.49 Å². The van der Waals surface area contributed by atoms with Crippen molar-refractivity contribution in [3.63, 3.8) is 0 Å². The first-order chi connectivity index (χ1) is 4.97. The summed E-state index contributed by atoms with van der Waals surface area (Å²) in [6.07, 6.45) is 7.57. The Hall–Kier alpha value is -0.360. The summed E-state index contributed by atoms with van der Waals surface area (Å²) in [6, 6.07) is 0. The molecule has 0 amide bonds. The molecule has 54 valence electrons. The largest absolute Gasteiger partial charge is 0.328 e. The van der Waals surface area contributed by atoms with Gasteiger partial charge in [0.15, 0.2) is 0 Å². The Balaban J connectivity index is 2.12. The molecule has 3 heteroatoms. The lowest BCUT2D eigenvalue weighted by Gasteiger charge is -2.01.